The van der Waals surface area contributed by atoms with E-state index in [1.54, 1.807) is 0 Å². The number of halogens is 1. The molecule has 1 heterocycles. The molecule has 1 aliphatic heterocycles. The highest BCUT2D eigenvalue weighted by Gasteiger charge is 2.21. The predicted molar refractivity (Wildman–Crippen MR) is 59.4 cm³/mol. The fraction of sp³-hybridized carbons (Fsp3) is 0.364. The van der Waals surface area contributed by atoms with Gasteiger partial charge in [-0.15, -0.1) is 0 Å². The Morgan fingerprint density at radius 2 is 2.33 bits per heavy atom. The van der Waals surface area contributed by atoms with Crippen molar-refractivity contribution in [3.8, 4) is 11.5 Å². The van der Waals surface area contributed by atoms with Crippen LogP contribution in [0.1, 0.15) is 24.8 Å². The largest absolute Gasteiger partial charge is 0.454 e. The molecule has 2 rings (SSSR count). The summed E-state index contributed by atoms with van der Waals surface area (Å²) in [5.74, 6) is 1.67. The maximum atomic E-state index is 10.5. The van der Waals surface area contributed by atoms with Crippen molar-refractivity contribution in [2.45, 2.75) is 19.3 Å². The van der Waals surface area contributed by atoms with Gasteiger partial charge in [-0.2, -0.15) is 0 Å². The molecule has 1 atom stereocenters. The third kappa shape index (κ3) is 2.00. The summed E-state index contributed by atoms with van der Waals surface area (Å²) in [6.45, 7) is 2.25. The van der Waals surface area contributed by atoms with Gasteiger partial charge in [-0.1, -0.05) is 22.9 Å². The van der Waals surface area contributed by atoms with Crippen molar-refractivity contribution in [1.29, 1.82) is 0 Å². The molecular formula is C11H11BrO3. The summed E-state index contributed by atoms with van der Waals surface area (Å²) < 4.78 is 11.6. The first-order chi connectivity index (χ1) is 7.22. The van der Waals surface area contributed by atoms with Gasteiger partial charge in [0, 0.05) is 16.5 Å². The Kier molecular flexibility index (Phi) is 2.95. The van der Waals surface area contributed by atoms with Crippen LogP contribution in [0.25, 0.3) is 0 Å². The SMILES string of the molecule is CC(CC=O)c1cc(Br)cc2c1OCO2. The molecule has 0 N–H and O–H groups in total. The first-order valence-electron chi connectivity index (χ1n) is 4.75. The number of aldehydes is 1. The van der Waals surface area contributed by atoms with Gasteiger partial charge in [0.25, 0.3) is 0 Å². The van der Waals surface area contributed by atoms with Crippen LogP contribution in [0.5, 0.6) is 11.5 Å². The normalized spacial score (nSPS) is 15.1. The predicted octanol–water partition coefficient (Wildman–Crippen LogP) is 2.87. The minimum Gasteiger partial charge on any atom is -0.454 e. The van der Waals surface area contributed by atoms with Gasteiger partial charge in [-0.25, -0.2) is 0 Å². The lowest BCUT2D eigenvalue weighted by Gasteiger charge is -2.11. The van der Waals surface area contributed by atoms with E-state index < -0.39 is 0 Å². The molecule has 0 spiro atoms. The van der Waals surface area contributed by atoms with E-state index in [0.717, 1.165) is 27.8 Å². The van der Waals surface area contributed by atoms with Gasteiger partial charge in [-0.05, 0) is 18.1 Å². The number of hydrogen-bond acceptors (Lipinski definition) is 3. The van der Waals surface area contributed by atoms with Gasteiger partial charge in [0.05, 0.1) is 0 Å². The Morgan fingerprint density at radius 3 is 3.07 bits per heavy atom. The molecule has 0 saturated carbocycles. The van der Waals surface area contributed by atoms with E-state index in [2.05, 4.69) is 15.9 Å². The molecule has 1 aromatic carbocycles. The first kappa shape index (κ1) is 10.5. The van der Waals surface area contributed by atoms with E-state index >= 15 is 0 Å². The molecule has 0 amide bonds. The third-order valence-corrected chi connectivity index (χ3v) is 2.90. The summed E-state index contributed by atoms with van der Waals surface area (Å²) in [4.78, 5) is 10.5. The van der Waals surface area contributed by atoms with Crippen LogP contribution in [0.4, 0.5) is 0 Å². The molecule has 0 saturated heterocycles. The monoisotopic (exact) mass is 270 g/mol. The van der Waals surface area contributed by atoms with Crippen molar-refractivity contribution in [3.63, 3.8) is 0 Å². The molecule has 1 aromatic rings. The van der Waals surface area contributed by atoms with Crippen molar-refractivity contribution < 1.29 is 14.3 Å². The summed E-state index contributed by atoms with van der Waals surface area (Å²) in [5.41, 5.74) is 1.02. The summed E-state index contributed by atoms with van der Waals surface area (Å²) in [5, 5.41) is 0. The van der Waals surface area contributed by atoms with E-state index in [0.29, 0.717) is 6.42 Å². The lowest BCUT2D eigenvalue weighted by molar-refractivity contribution is -0.108. The Labute approximate surface area is 96.5 Å². The zero-order valence-electron chi connectivity index (χ0n) is 8.33. The number of hydrogen-bond donors (Lipinski definition) is 0. The third-order valence-electron chi connectivity index (χ3n) is 2.45. The number of carbonyl (C=O) groups excluding carboxylic acids is 1. The maximum Gasteiger partial charge on any atom is 0.231 e. The second kappa shape index (κ2) is 4.23. The lowest BCUT2D eigenvalue weighted by Crippen LogP contribution is -1.98. The Hall–Kier alpha value is -1.03. The van der Waals surface area contributed by atoms with Gasteiger partial charge < -0.3 is 14.3 Å². The van der Waals surface area contributed by atoms with Crippen LogP contribution in [0, 0.1) is 0 Å². The van der Waals surface area contributed by atoms with Gasteiger partial charge >= 0.3 is 0 Å². The number of carbonyl (C=O) groups is 1. The van der Waals surface area contributed by atoms with E-state index in [-0.39, 0.29) is 12.7 Å². The van der Waals surface area contributed by atoms with Gasteiger partial charge in [0.1, 0.15) is 6.29 Å². The van der Waals surface area contributed by atoms with Crippen molar-refractivity contribution >= 4 is 22.2 Å². The highest BCUT2D eigenvalue weighted by atomic mass is 79.9. The first-order valence-corrected chi connectivity index (χ1v) is 5.54. The van der Waals surface area contributed by atoms with Crippen molar-refractivity contribution in [2.75, 3.05) is 6.79 Å². The van der Waals surface area contributed by atoms with Crippen LogP contribution in [0.2, 0.25) is 0 Å². The molecule has 0 fully saturated rings. The molecule has 80 valence electrons. The second-order valence-electron chi connectivity index (χ2n) is 3.53. The molecule has 0 radical (unpaired) electrons. The van der Waals surface area contributed by atoms with Crippen molar-refractivity contribution in [1.82, 2.24) is 0 Å². The molecular weight excluding hydrogens is 260 g/mol. The molecule has 4 heteroatoms. The highest BCUT2D eigenvalue weighted by Crippen LogP contribution is 2.42. The van der Waals surface area contributed by atoms with Gasteiger partial charge in [-0.3, -0.25) is 0 Å². The highest BCUT2D eigenvalue weighted by molar-refractivity contribution is 9.10. The molecule has 15 heavy (non-hydrogen) atoms. The average molecular weight is 271 g/mol. The van der Waals surface area contributed by atoms with Crippen LogP contribution in [-0.4, -0.2) is 13.1 Å². The van der Waals surface area contributed by atoms with Gasteiger partial charge in [0.2, 0.25) is 6.79 Å². The lowest BCUT2D eigenvalue weighted by atomic mass is 9.97. The fourth-order valence-electron chi connectivity index (χ4n) is 1.64. The number of fused-ring (bicyclic) bond motifs is 1. The standard InChI is InChI=1S/C11H11BrO3/c1-7(2-3-13)9-4-8(12)5-10-11(9)15-6-14-10/h3-5,7H,2,6H2,1H3. The van der Waals surface area contributed by atoms with E-state index in [1.807, 2.05) is 19.1 Å². The van der Waals surface area contributed by atoms with Crippen LogP contribution in [0.3, 0.4) is 0 Å². The van der Waals surface area contributed by atoms with Crippen molar-refractivity contribution in [2.24, 2.45) is 0 Å². The second-order valence-corrected chi connectivity index (χ2v) is 4.45. The Morgan fingerprint density at radius 1 is 1.53 bits per heavy atom. The van der Waals surface area contributed by atoms with Crippen molar-refractivity contribution in [3.05, 3.63) is 22.2 Å². The topological polar surface area (TPSA) is 35.5 Å². The molecule has 0 bridgehead atoms. The summed E-state index contributed by atoms with van der Waals surface area (Å²) in [6.07, 6.45) is 1.42. The minimum absolute atomic E-state index is 0.149. The summed E-state index contributed by atoms with van der Waals surface area (Å²) in [6, 6.07) is 3.85. The van der Waals surface area contributed by atoms with E-state index in [1.165, 1.54) is 0 Å². The van der Waals surface area contributed by atoms with Crippen LogP contribution >= 0.6 is 15.9 Å². The quantitative estimate of drug-likeness (QED) is 0.793. The van der Waals surface area contributed by atoms with Crippen LogP contribution in [-0.2, 0) is 4.79 Å². The summed E-state index contributed by atoms with van der Waals surface area (Å²) in [7, 11) is 0. The fourth-order valence-corrected chi connectivity index (χ4v) is 2.09. The number of ether oxygens (including phenoxy) is 2. The van der Waals surface area contributed by atoms with E-state index in [9.17, 15) is 4.79 Å². The molecule has 3 nitrogen and oxygen atoms in total. The Bertz CT molecular complexity index is 390. The number of rotatable bonds is 3. The zero-order valence-corrected chi connectivity index (χ0v) is 9.91. The van der Waals surface area contributed by atoms with Crippen LogP contribution < -0.4 is 9.47 Å². The average Bonchev–Trinajstić information content (AvgIpc) is 2.64. The van der Waals surface area contributed by atoms with Gasteiger partial charge in [0.15, 0.2) is 11.5 Å². The maximum absolute atomic E-state index is 10.5. The molecule has 0 aromatic heterocycles. The number of benzene rings is 1. The molecule has 0 aliphatic carbocycles. The molecule has 1 aliphatic rings. The van der Waals surface area contributed by atoms with E-state index in [4.69, 9.17) is 9.47 Å². The Balaban J connectivity index is 2.41. The van der Waals surface area contributed by atoms with Crippen LogP contribution in [0.15, 0.2) is 16.6 Å². The summed E-state index contributed by atoms with van der Waals surface area (Å²) >= 11 is 3.41. The zero-order chi connectivity index (χ0) is 10.8. The smallest absolute Gasteiger partial charge is 0.231 e. The minimum atomic E-state index is 0.149. The molecule has 1 unspecified atom stereocenters.